The number of nitrogens with zero attached hydrogens (tertiary/aromatic N) is 1. The summed E-state index contributed by atoms with van der Waals surface area (Å²) in [4.78, 5) is 2.42. The molecule has 2 aliphatic carbocycles. The Balaban J connectivity index is 1.12. The minimum absolute atomic E-state index is 0.432. The summed E-state index contributed by atoms with van der Waals surface area (Å²) in [5.41, 5.74) is 11.8. The van der Waals surface area contributed by atoms with Crippen molar-refractivity contribution in [2.75, 3.05) is 4.90 Å². The highest BCUT2D eigenvalue weighted by atomic mass is 32.1. The van der Waals surface area contributed by atoms with Crippen LogP contribution >= 0.6 is 11.3 Å². The van der Waals surface area contributed by atoms with Crippen LogP contribution in [-0.2, 0) is 5.41 Å². The smallest absolute Gasteiger partial charge is 0.0647 e. The van der Waals surface area contributed by atoms with Gasteiger partial charge in [0.25, 0.3) is 0 Å². The molecule has 10 rings (SSSR count). The molecule has 8 aromatic rings. The van der Waals surface area contributed by atoms with E-state index in [1.54, 1.807) is 0 Å². The van der Waals surface area contributed by atoms with Crippen molar-refractivity contribution in [3.05, 3.63) is 226 Å². The number of rotatable bonds is 8. The maximum Gasteiger partial charge on any atom is 0.0647 e. The van der Waals surface area contributed by atoms with Crippen molar-refractivity contribution < 1.29 is 0 Å². The molecule has 1 atom stereocenters. The Bertz CT molecular complexity index is 2960. The molecule has 1 nitrogen and oxygen atoms in total. The predicted octanol–water partition coefficient (Wildman–Crippen LogP) is 13.4. The Morgan fingerprint density at radius 2 is 1.25 bits per heavy atom. The molecule has 56 heavy (non-hydrogen) atoms. The summed E-state index contributed by atoms with van der Waals surface area (Å²) in [5, 5.41) is 5.27. The Hall–Kier alpha value is -6.48. The van der Waals surface area contributed by atoms with Gasteiger partial charge in [0, 0.05) is 31.7 Å². The second-order valence-corrected chi connectivity index (χ2v) is 15.8. The van der Waals surface area contributed by atoms with E-state index in [1.165, 1.54) is 69.6 Å². The van der Waals surface area contributed by atoms with E-state index in [9.17, 15) is 0 Å². The molecule has 7 aromatic carbocycles. The Labute approximate surface area is 332 Å². The van der Waals surface area contributed by atoms with Gasteiger partial charge in [-0.1, -0.05) is 170 Å². The zero-order valence-corrected chi connectivity index (χ0v) is 32.2. The first-order valence-electron chi connectivity index (χ1n) is 19.6. The molecule has 0 spiro atoms. The number of thiophene rings is 1. The van der Waals surface area contributed by atoms with Crippen molar-refractivity contribution >= 4 is 67.0 Å². The van der Waals surface area contributed by atoms with Crippen LogP contribution in [0, 0.1) is 0 Å². The number of fused-ring (bicyclic) bond motifs is 5. The van der Waals surface area contributed by atoms with Gasteiger partial charge in [0.15, 0.2) is 0 Å². The Morgan fingerprint density at radius 1 is 0.571 bits per heavy atom. The van der Waals surface area contributed by atoms with E-state index in [1.807, 2.05) is 11.3 Å². The Morgan fingerprint density at radius 3 is 2.09 bits per heavy atom. The van der Waals surface area contributed by atoms with Crippen LogP contribution in [0.25, 0.3) is 49.7 Å². The summed E-state index contributed by atoms with van der Waals surface area (Å²) in [7, 11) is 0. The van der Waals surface area contributed by atoms with Gasteiger partial charge in [0.05, 0.1) is 5.41 Å². The SMILES string of the molecule is C/C=C\C=C/C1=CC(c2ccccc2)(c2ccc(N(c3ccc(-c4cccc5ccccc45)cc3)c3ccc4c5c(sc4c3)=CCCC=5)cc2)c2ccccc21. The molecule has 0 aliphatic heterocycles. The number of allylic oxidation sites excluding steroid dienone is 6. The summed E-state index contributed by atoms with van der Waals surface area (Å²) in [6.07, 6.45) is 18.1. The lowest BCUT2D eigenvalue weighted by atomic mass is 9.71. The second kappa shape index (κ2) is 14.3. The molecule has 0 radical (unpaired) electrons. The topological polar surface area (TPSA) is 3.24 Å². The summed E-state index contributed by atoms with van der Waals surface area (Å²) >= 11 is 1.91. The van der Waals surface area contributed by atoms with Gasteiger partial charge in [-0.05, 0) is 111 Å². The quantitative estimate of drug-likeness (QED) is 0.140. The molecule has 1 unspecified atom stereocenters. The van der Waals surface area contributed by atoms with Crippen LogP contribution in [0.15, 0.2) is 194 Å². The van der Waals surface area contributed by atoms with Gasteiger partial charge in [-0.2, -0.15) is 0 Å². The molecular formula is C54H41NS. The van der Waals surface area contributed by atoms with Gasteiger partial charge in [0.2, 0.25) is 0 Å². The van der Waals surface area contributed by atoms with E-state index < -0.39 is 5.41 Å². The fraction of sp³-hybridized carbons (Fsp3) is 0.0741. The van der Waals surface area contributed by atoms with Gasteiger partial charge >= 0.3 is 0 Å². The van der Waals surface area contributed by atoms with Gasteiger partial charge in [-0.25, -0.2) is 0 Å². The highest BCUT2D eigenvalue weighted by molar-refractivity contribution is 7.17. The molecule has 2 aliphatic rings. The molecule has 2 heteroatoms. The number of hydrogen-bond donors (Lipinski definition) is 0. The molecule has 0 amide bonds. The third-order valence-corrected chi connectivity index (χ3v) is 12.7. The van der Waals surface area contributed by atoms with E-state index in [0.29, 0.717) is 0 Å². The van der Waals surface area contributed by atoms with E-state index in [4.69, 9.17) is 0 Å². The zero-order chi connectivity index (χ0) is 37.5. The molecule has 0 fully saturated rings. The van der Waals surface area contributed by atoms with Crippen molar-refractivity contribution in [1.29, 1.82) is 0 Å². The van der Waals surface area contributed by atoms with E-state index in [0.717, 1.165) is 29.9 Å². The Kier molecular flexibility index (Phi) is 8.70. The molecule has 1 aromatic heterocycles. The van der Waals surface area contributed by atoms with Crippen LogP contribution in [0.5, 0.6) is 0 Å². The van der Waals surface area contributed by atoms with E-state index in [2.05, 4.69) is 218 Å². The minimum atomic E-state index is -0.432. The molecule has 1 heterocycles. The molecule has 268 valence electrons. The minimum Gasteiger partial charge on any atom is -0.310 e. The van der Waals surface area contributed by atoms with E-state index >= 15 is 0 Å². The second-order valence-electron chi connectivity index (χ2n) is 14.7. The first-order chi connectivity index (χ1) is 27.7. The lowest BCUT2D eigenvalue weighted by Crippen LogP contribution is -2.25. The van der Waals surface area contributed by atoms with Gasteiger partial charge in [-0.15, -0.1) is 11.3 Å². The lowest BCUT2D eigenvalue weighted by molar-refractivity contribution is 0.794. The molecule has 0 saturated carbocycles. The third kappa shape index (κ3) is 5.77. The number of hydrogen-bond acceptors (Lipinski definition) is 2. The first-order valence-corrected chi connectivity index (χ1v) is 20.4. The maximum atomic E-state index is 2.46. The molecular weight excluding hydrogens is 695 g/mol. The van der Waals surface area contributed by atoms with Crippen molar-refractivity contribution in [3.63, 3.8) is 0 Å². The largest absolute Gasteiger partial charge is 0.310 e. The lowest BCUT2D eigenvalue weighted by Gasteiger charge is -2.32. The van der Waals surface area contributed by atoms with Crippen LogP contribution in [0.2, 0.25) is 0 Å². The number of benzene rings is 7. The molecule has 0 saturated heterocycles. The maximum absolute atomic E-state index is 2.46. The van der Waals surface area contributed by atoms with Gasteiger partial charge < -0.3 is 4.90 Å². The van der Waals surface area contributed by atoms with Crippen LogP contribution in [0.4, 0.5) is 17.1 Å². The van der Waals surface area contributed by atoms with Crippen LogP contribution in [0.1, 0.15) is 42.0 Å². The number of anilines is 3. The average molecular weight is 736 g/mol. The van der Waals surface area contributed by atoms with Crippen LogP contribution in [0.3, 0.4) is 0 Å². The van der Waals surface area contributed by atoms with Crippen molar-refractivity contribution in [2.45, 2.75) is 25.2 Å². The van der Waals surface area contributed by atoms with Gasteiger partial charge in [0.1, 0.15) is 0 Å². The average Bonchev–Trinajstić information content (AvgIpc) is 3.81. The summed E-state index contributed by atoms with van der Waals surface area (Å²) < 4.78 is 2.72. The van der Waals surface area contributed by atoms with Gasteiger partial charge in [-0.3, -0.25) is 0 Å². The fourth-order valence-corrected chi connectivity index (χ4v) is 10.1. The van der Waals surface area contributed by atoms with Crippen molar-refractivity contribution in [2.24, 2.45) is 0 Å². The normalized spacial score (nSPS) is 16.1. The summed E-state index contributed by atoms with van der Waals surface area (Å²) in [6, 6.07) is 60.5. The monoisotopic (exact) mass is 735 g/mol. The molecule has 0 N–H and O–H groups in total. The predicted molar refractivity (Wildman–Crippen MR) is 242 cm³/mol. The van der Waals surface area contributed by atoms with Crippen molar-refractivity contribution in [3.8, 4) is 11.1 Å². The van der Waals surface area contributed by atoms with Crippen LogP contribution < -0.4 is 14.7 Å². The third-order valence-electron chi connectivity index (χ3n) is 11.5. The van der Waals surface area contributed by atoms with Crippen LogP contribution in [-0.4, -0.2) is 0 Å². The standard InChI is InChI=1S/C54H41NS/c1-2-3-5-16-40-37-54(41-18-6-4-7-19-41,51-24-12-10-21-48(40)51)42-28-32-44(33-29-42)55(45-34-35-50-49-22-11-13-25-52(49)56-53(50)36-45)43-30-26-39(27-31-43)47-23-14-17-38-15-8-9-20-46(38)47/h2-10,12,14-37H,11,13H2,1H3/b3-2-,16-5-. The summed E-state index contributed by atoms with van der Waals surface area (Å²) in [6.45, 7) is 2.06. The zero-order valence-electron chi connectivity index (χ0n) is 31.4. The van der Waals surface area contributed by atoms with E-state index in [-0.39, 0.29) is 0 Å². The molecule has 0 bridgehead atoms. The summed E-state index contributed by atoms with van der Waals surface area (Å²) in [5.74, 6) is 0. The fourth-order valence-electron chi connectivity index (χ4n) is 8.88. The highest BCUT2D eigenvalue weighted by Gasteiger charge is 2.40. The first kappa shape index (κ1) is 34.0. The highest BCUT2D eigenvalue weighted by Crippen LogP contribution is 2.50. The van der Waals surface area contributed by atoms with Crippen molar-refractivity contribution in [1.82, 2.24) is 0 Å².